The van der Waals surface area contributed by atoms with Gasteiger partial charge in [-0.2, -0.15) is 0 Å². The minimum absolute atomic E-state index is 0.133. The van der Waals surface area contributed by atoms with E-state index in [0.29, 0.717) is 30.2 Å². The maximum absolute atomic E-state index is 11.6. The third-order valence-electron chi connectivity index (χ3n) is 1.97. The van der Waals surface area contributed by atoms with Gasteiger partial charge in [-0.25, -0.2) is 0 Å². The molecule has 0 fully saturated rings. The first kappa shape index (κ1) is 12.1. The van der Waals surface area contributed by atoms with E-state index in [1.54, 1.807) is 24.3 Å². The summed E-state index contributed by atoms with van der Waals surface area (Å²) in [4.78, 5) is 11.6. The van der Waals surface area contributed by atoms with Gasteiger partial charge >= 0.3 is 0 Å². The van der Waals surface area contributed by atoms with Gasteiger partial charge in [-0.3, -0.25) is 4.79 Å². The second-order valence-corrected chi connectivity index (χ2v) is 3.21. The monoisotopic (exact) mass is 220 g/mol. The van der Waals surface area contributed by atoms with Gasteiger partial charge in [0.15, 0.2) is 0 Å². The van der Waals surface area contributed by atoms with Crippen LogP contribution < -0.4 is 15.8 Å². The fourth-order valence-electron chi connectivity index (χ4n) is 1.21. The molecule has 0 radical (unpaired) electrons. The molecular formula is C12H16N2O2. The van der Waals surface area contributed by atoms with Crippen LogP contribution in [0.1, 0.15) is 17.3 Å². The molecule has 0 aliphatic rings. The maximum atomic E-state index is 11.6. The molecule has 0 aromatic heterocycles. The van der Waals surface area contributed by atoms with Gasteiger partial charge in [0.2, 0.25) is 0 Å². The highest BCUT2D eigenvalue weighted by molar-refractivity contribution is 5.95. The molecule has 0 heterocycles. The standard InChI is InChI=1S/C12H16N2O2/c1-3-7-16-11-8-9(5-6-10(11)13)12(15)14-4-2/h3,5-6,8H,1,4,7,13H2,2H3,(H,14,15). The zero-order valence-corrected chi connectivity index (χ0v) is 9.32. The minimum atomic E-state index is -0.133. The third-order valence-corrected chi connectivity index (χ3v) is 1.97. The number of carbonyl (C=O) groups excluding carboxylic acids is 1. The highest BCUT2D eigenvalue weighted by atomic mass is 16.5. The highest BCUT2D eigenvalue weighted by Gasteiger charge is 2.07. The molecule has 1 aromatic rings. The smallest absolute Gasteiger partial charge is 0.251 e. The summed E-state index contributed by atoms with van der Waals surface area (Å²) < 4.78 is 5.33. The zero-order chi connectivity index (χ0) is 12.0. The Morgan fingerprint density at radius 1 is 1.62 bits per heavy atom. The lowest BCUT2D eigenvalue weighted by molar-refractivity contribution is 0.0955. The van der Waals surface area contributed by atoms with E-state index in [2.05, 4.69) is 11.9 Å². The van der Waals surface area contributed by atoms with Crippen molar-refractivity contribution in [2.24, 2.45) is 0 Å². The summed E-state index contributed by atoms with van der Waals surface area (Å²) in [7, 11) is 0. The number of nitrogens with one attached hydrogen (secondary N) is 1. The summed E-state index contributed by atoms with van der Waals surface area (Å²) in [6, 6.07) is 4.95. The minimum Gasteiger partial charge on any atom is -0.487 e. The largest absolute Gasteiger partial charge is 0.487 e. The average molecular weight is 220 g/mol. The number of benzene rings is 1. The third kappa shape index (κ3) is 3.02. The number of rotatable bonds is 5. The van der Waals surface area contributed by atoms with Gasteiger partial charge in [0, 0.05) is 12.1 Å². The topological polar surface area (TPSA) is 64.3 Å². The SMILES string of the molecule is C=CCOc1cc(C(=O)NCC)ccc1N. The van der Waals surface area contributed by atoms with Crippen molar-refractivity contribution in [3.63, 3.8) is 0 Å². The van der Waals surface area contributed by atoms with E-state index in [0.717, 1.165) is 0 Å². The zero-order valence-electron chi connectivity index (χ0n) is 9.32. The normalized spacial score (nSPS) is 9.56. The van der Waals surface area contributed by atoms with Crippen molar-refractivity contribution in [2.45, 2.75) is 6.92 Å². The van der Waals surface area contributed by atoms with E-state index in [-0.39, 0.29) is 5.91 Å². The van der Waals surface area contributed by atoms with E-state index < -0.39 is 0 Å². The molecule has 0 atom stereocenters. The van der Waals surface area contributed by atoms with Crippen molar-refractivity contribution in [1.82, 2.24) is 5.32 Å². The number of nitrogens with two attached hydrogens (primary N) is 1. The number of anilines is 1. The molecule has 0 unspecified atom stereocenters. The van der Waals surface area contributed by atoms with E-state index in [4.69, 9.17) is 10.5 Å². The molecule has 16 heavy (non-hydrogen) atoms. The summed E-state index contributed by atoms with van der Waals surface area (Å²) in [5.41, 5.74) is 6.76. The van der Waals surface area contributed by atoms with E-state index in [1.807, 2.05) is 6.92 Å². The molecule has 3 N–H and O–H groups in total. The van der Waals surface area contributed by atoms with Gasteiger partial charge in [0.05, 0.1) is 5.69 Å². The van der Waals surface area contributed by atoms with Crippen LogP contribution in [-0.2, 0) is 0 Å². The Balaban J connectivity index is 2.88. The molecule has 0 aliphatic carbocycles. The Kier molecular flexibility index (Phi) is 4.39. The van der Waals surface area contributed by atoms with Crippen molar-refractivity contribution < 1.29 is 9.53 Å². The van der Waals surface area contributed by atoms with Gasteiger partial charge in [0.1, 0.15) is 12.4 Å². The lowest BCUT2D eigenvalue weighted by Gasteiger charge is -2.09. The first-order valence-corrected chi connectivity index (χ1v) is 5.10. The average Bonchev–Trinajstić information content (AvgIpc) is 2.28. The quantitative estimate of drug-likeness (QED) is 0.585. The number of nitrogen functional groups attached to an aromatic ring is 1. The first-order chi connectivity index (χ1) is 7.69. The van der Waals surface area contributed by atoms with Crippen molar-refractivity contribution in [2.75, 3.05) is 18.9 Å². The lowest BCUT2D eigenvalue weighted by Crippen LogP contribution is -2.22. The number of carbonyl (C=O) groups is 1. The molecule has 1 amide bonds. The van der Waals surface area contributed by atoms with Gasteiger partial charge < -0.3 is 15.8 Å². The number of ether oxygens (including phenoxy) is 1. The van der Waals surface area contributed by atoms with Crippen LogP contribution in [0.25, 0.3) is 0 Å². The highest BCUT2D eigenvalue weighted by Crippen LogP contribution is 2.22. The van der Waals surface area contributed by atoms with Crippen molar-refractivity contribution >= 4 is 11.6 Å². The summed E-state index contributed by atoms with van der Waals surface area (Å²) >= 11 is 0. The van der Waals surface area contributed by atoms with Gasteiger partial charge in [0.25, 0.3) is 5.91 Å². The summed E-state index contributed by atoms with van der Waals surface area (Å²) in [6.07, 6.45) is 1.62. The molecule has 4 nitrogen and oxygen atoms in total. The van der Waals surface area contributed by atoms with Gasteiger partial charge in [-0.1, -0.05) is 12.7 Å². The Hall–Kier alpha value is -1.97. The summed E-state index contributed by atoms with van der Waals surface area (Å²) in [5, 5.41) is 2.71. The van der Waals surface area contributed by atoms with Crippen LogP contribution in [0.3, 0.4) is 0 Å². The van der Waals surface area contributed by atoms with Crippen LogP contribution in [0.4, 0.5) is 5.69 Å². The molecule has 86 valence electrons. The van der Waals surface area contributed by atoms with E-state index >= 15 is 0 Å². The predicted octanol–water partition coefficient (Wildman–Crippen LogP) is 1.58. The van der Waals surface area contributed by atoms with Crippen LogP contribution in [-0.4, -0.2) is 19.1 Å². The van der Waals surface area contributed by atoms with Crippen molar-refractivity contribution in [1.29, 1.82) is 0 Å². The van der Waals surface area contributed by atoms with Crippen LogP contribution in [0.2, 0.25) is 0 Å². The molecule has 0 saturated carbocycles. The van der Waals surface area contributed by atoms with Crippen molar-refractivity contribution in [3.8, 4) is 5.75 Å². The Bertz CT molecular complexity index is 389. The fraction of sp³-hybridized carbons (Fsp3) is 0.250. The van der Waals surface area contributed by atoms with Gasteiger partial charge in [-0.05, 0) is 25.1 Å². The lowest BCUT2D eigenvalue weighted by atomic mass is 10.2. The van der Waals surface area contributed by atoms with Crippen LogP contribution >= 0.6 is 0 Å². The predicted molar refractivity (Wildman–Crippen MR) is 64.6 cm³/mol. The first-order valence-electron chi connectivity index (χ1n) is 5.10. The van der Waals surface area contributed by atoms with Crippen LogP contribution in [0.5, 0.6) is 5.75 Å². The molecular weight excluding hydrogens is 204 g/mol. The number of hydrogen-bond donors (Lipinski definition) is 2. The number of hydrogen-bond acceptors (Lipinski definition) is 3. The Labute approximate surface area is 95.1 Å². The Morgan fingerprint density at radius 3 is 3.00 bits per heavy atom. The molecule has 0 bridgehead atoms. The Morgan fingerprint density at radius 2 is 2.38 bits per heavy atom. The molecule has 1 rings (SSSR count). The molecule has 0 spiro atoms. The van der Waals surface area contributed by atoms with E-state index in [9.17, 15) is 4.79 Å². The van der Waals surface area contributed by atoms with E-state index in [1.165, 1.54) is 0 Å². The summed E-state index contributed by atoms with van der Waals surface area (Å²) in [6.45, 7) is 6.37. The molecule has 4 heteroatoms. The van der Waals surface area contributed by atoms with Crippen LogP contribution in [0.15, 0.2) is 30.9 Å². The molecule has 0 saturated heterocycles. The second-order valence-electron chi connectivity index (χ2n) is 3.21. The molecule has 1 aromatic carbocycles. The number of amides is 1. The second kappa shape index (κ2) is 5.80. The summed E-state index contributed by atoms with van der Waals surface area (Å²) in [5.74, 6) is 0.370. The van der Waals surface area contributed by atoms with Crippen molar-refractivity contribution in [3.05, 3.63) is 36.4 Å². The van der Waals surface area contributed by atoms with Gasteiger partial charge in [-0.15, -0.1) is 0 Å². The molecule has 0 aliphatic heterocycles. The van der Waals surface area contributed by atoms with Crippen LogP contribution in [0, 0.1) is 0 Å². The maximum Gasteiger partial charge on any atom is 0.251 e. The fourth-order valence-corrected chi connectivity index (χ4v) is 1.21.